The van der Waals surface area contributed by atoms with Gasteiger partial charge in [-0.1, -0.05) is 51.2 Å². The molecule has 0 radical (unpaired) electrons. The molecule has 15 heavy (non-hydrogen) atoms. The summed E-state index contributed by atoms with van der Waals surface area (Å²) in [4.78, 5) is 9.92. The van der Waals surface area contributed by atoms with Crippen LogP contribution in [0.1, 0.15) is 27.2 Å². The van der Waals surface area contributed by atoms with Crippen LogP contribution in [0.25, 0.3) is 0 Å². The molecule has 0 amide bonds. The fourth-order valence-corrected chi connectivity index (χ4v) is 0.877. The fourth-order valence-electron chi connectivity index (χ4n) is 0.877. The predicted octanol–water partition coefficient (Wildman–Crippen LogP) is 2.65. The van der Waals surface area contributed by atoms with Crippen molar-refractivity contribution in [2.24, 2.45) is 5.41 Å². The second kappa shape index (κ2) is 7.18. The predicted molar refractivity (Wildman–Crippen MR) is 63.6 cm³/mol. The first-order valence-electron chi connectivity index (χ1n) is 5.10. The zero-order chi connectivity index (χ0) is 11.7. The lowest BCUT2D eigenvalue weighted by molar-refractivity contribution is -0.104. The summed E-state index contributed by atoms with van der Waals surface area (Å²) in [6, 6.07) is 0. The Labute approximate surface area is 92.0 Å². The Morgan fingerprint density at radius 3 is 2.13 bits per heavy atom. The average Bonchev–Trinajstić information content (AvgIpc) is 2.14. The van der Waals surface area contributed by atoms with E-state index in [0.717, 1.165) is 6.29 Å². The Morgan fingerprint density at radius 1 is 1.07 bits per heavy atom. The van der Waals surface area contributed by atoms with E-state index in [0.29, 0.717) is 6.42 Å². The van der Waals surface area contributed by atoms with Crippen LogP contribution >= 0.6 is 0 Å². The van der Waals surface area contributed by atoms with E-state index in [1.807, 2.05) is 39.0 Å². The molecular weight excluding hydrogens is 188 g/mol. The standard InChI is InChI=1S/C13H20O2/c1-13(2,3)12(15)10-8-6-4-5-7-9-11-14/h4-9,11-12,15H,10H2,1-3H3/b5-4+,8-6+,9-7+. The van der Waals surface area contributed by atoms with Crippen LogP contribution in [0, 0.1) is 5.41 Å². The minimum absolute atomic E-state index is 0.0779. The largest absolute Gasteiger partial charge is 0.392 e. The van der Waals surface area contributed by atoms with E-state index in [4.69, 9.17) is 0 Å². The highest BCUT2D eigenvalue weighted by Crippen LogP contribution is 2.21. The van der Waals surface area contributed by atoms with Crippen LogP contribution in [-0.2, 0) is 4.79 Å². The number of aliphatic hydroxyl groups excluding tert-OH is 1. The summed E-state index contributed by atoms with van der Waals surface area (Å²) in [5.74, 6) is 0. The lowest BCUT2D eigenvalue weighted by Gasteiger charge is -2.24. The summed E-state index contributed by atoms with van der Waals surface area (Å²) >= 11 is 0. The van der Waals surface area contributed by atoms with Crippen molar-refractivity contribution >= 4 is 6.29 Å². The molecule has 0 spiro atoms. The summed E-state index contributed by atoms with van der Waals surface area (Å²) in [6.45, 7) is 6.02. The number of carbonyl (C=O) groups is 1. The molecule has 0 aliphatic rings. The molecule has 0 fully saturated rings. The Morgan fingerprint density at radius 2 is 1.60 bits per heavy atom. The van der Waals surface area contributed by atoms with E-state index in [2.05, 4.69) is 0 Å². The van der Waals surface area contributed by atoms with Crippen LogP contribution < -0.4 is 0 Å². The molecule has 0 heterocycles. The minimum Gasteiger partial charge on any atom is -0.392 e. The van der Waals surface area contributed by atoms with E-state index >= 15 is 0 Å². The molecule has 84 valence electrons. The molecule has 1 atom stereocenters. The maximum absolute atomic E-state index is 9.92. The van der Waals surface area contributed by atoms with Gasteiger partial charge < -0.3 is 5.11 Å². The van der Waals surface area contributed by atoms with Gasteiger partial charge in [0, 0.05) is 0 Å². The summed E-state index contributed by atoms with van der Waals surface area (Å²) < 4.78 is 0. The van der Waals surface area contributed by atoms with E-state index in [1.54, 1.807) is 12.2 Å². The first-order chi connectivity index (χ1) is 6.98. The molecule has 0 aliphatic heterocycles. The van der Waals surface area contributed by atoms with E-state index < -0.39 is 0 Å². The van der Waals surface area contributed by atoms with Crippen LogP contribution in [0.3, 0.4) is 0 Å². The van der Waals surface area contributed by atoms with Crippen LogP contribution in [0.15, 0.2) is 36.5 Å². The lowest BCUT2D eigenvalue weighted by Crippen LogP contribution is -2.24. The SMILES string of the molecule is CC(C)(C)C(O)C/C=C/C=C/C=C/C=O. The molecule has 0 aromatic carbocycles. The number of hydrogen-bond acceptors (Lipinski definition) is 2. The minimum atomic E-state index is -0.326. The van der Waals surface area contributed by atoms with Gasteiger partial charge >= 0.3 is 0 Å². The Bertz CT molecular complexity index is 254. The Balaban J connectivity index is 3.86. The third-order valence-corrected chi connectivity index (χ3v) is 2.02. The molecule has 0 aliphatic carbocycles. The van der Waals surface area contributed by atoms with Crippen LogP contribution in [0.5, 0.6) is 0 Å². The zero-order valence-corrected chi connectivity index (χ0v) is 9.68. The van der Waals surface area contributed by atoms with Crippen LogP contribution in [0.2, 0.25) is 0 Å². The van der Waals surface area contributed by atoms with E-state index in [9.17, 15) is 9.90 Å². The van der Waals surface area contributed by atoms with Gasteiger partial charge in [-0.15, -0.1) is 0 Å². The number of rotatable bonds is 5. The number of allylic oxidation sites excluding steroid dienone is 5. The molecule has 0 aromatic heterocycles. The molecule has 1 unspecified atom stereocenters. The summed E-state index contributed by atoms with van der Waals surface area (Å²) in [5, 5.41) is 9.69. The highest BCUT2D eigenvalue weighted by molar-refractivity contribution is 5.65. The highest BCUT2D eigenvalue weighted by atomic mass is 16.3. The molecule has 2 heteroatoms. The van der Waals surface area contributed by atoms with Crippen molar-refractivity contribution in [3.05, 3.63) is 36.5 Å². The monoisotopic (exact) mass is 208 g/mol. The van der Waals surface area contributed by atoms with Crippen molar-refractivity contribution in [1.29, 1.82) is 0 Å². The van der Waals surface area contributed by atoms with Gasteiger partial charge in [-0.2, -0.15) is 0 Å². The smallest absolute Gasteiger partial charge is 0.142 e. The zero-order valence-electron chi connectivity index (χ0n) is 9.68. The average molecular weight is 208 g/mol. The van der Waals surface area contributed by atoms with Gasteiger partial charge in [-0.3, -0.25) is 4.79 Å². The second-order valence-corrected chi connectivity index (χ2v) is 4.45. The molecule has 0 saturated heterocycles. The normalized spacial score (nSPS) is 15.5. The van der Waals surface area contributed by atoms with Crippen molar-refractivity contribution in [2.75, 3.05) is 0 Å². The maximum atomic E-state index is 9.92. The number of aliphatic hydroxyl groups is 1. The maximum Gasteiger partial charge on any atom is 0.142 e. The Hall–Kier alpha value is -1.15. The fraction of sp³-hybridized carbons (Fsp3) is 0.462. The quantitative estimate of drug-likeness (QED) is 0.428. The van der Waals surface area contributed by atoms with E-state index in [-0.39, 0.29) is 11.5 Å². The van der Waals surface area contributed by atoms with Crippen molar-refractivity contribution in [3.63, 3.8) is 0 Å². The third kappa shape index (κ3) is 7.89. The molecule has 2 nitrogen and oxygen atoms in total. The first kappa shape index (κ1) is 13.8. The van der Waals surface area contributed by atoms with Crippen LogP contribution in [-0.4, -0.2) is 17.5 Å². The summed E-state index contributed by atoms with van der Waals surface area (Å²) in [6.07, 6.45) is 11.5. The number of hydrogen-bond donors (Lipinski definition) is 1. The van der Waals surface area contributed by atoms with Crippen molar-refractivity contribution < 1.29 is 9.90 Å². The molecule has 0 rings (SSSR count). The second-order valence-electron chi connectivity index (χ2n) is 4.45. The van der Waals surface area contributed by atoms with Gasteiger partial charge in [-0.25, -0.2) is 0 Å². The molecule has 0 bridgehead atoms. The lowest BCUT2D eigenvalue weighted by atomic mass is 9.87. The summed E-state index contributed by atoms with van der Waals surface area (Å²) in [7, 11) is 0. The molecular formula is C13H20O2. The van der Waals surface area contributed by atoms with Crippen molar-refractivity contribution in [2.45, 2.75) is 33.3 Å². The third-order valence-electron chi connectivity index (χ3n) is 2.02. The van der Waals surface area contributed by atoms with E-state index in [1.165, 1.54) is 6.08 Å². The van der Waals surface area contributed by atoms with Gasteiger partial charge in [-0.05, 0) is 17.9 Å². The number of aldehydes is 1. The molecule has 0 saturated carbocycles. The van der Waals surface area contributed by atoms with Crippen LogP contribution in [0.4, 0.5) is 0 Å². The van der Waals surface area contributed by atoms with Gasteiger partial charge in [0.15, 0.2) is 0 Å². The first-order valence-corrected chi connectivity index (χ1v) is 5.10. The Kier molecular flexibility index (Phi) is 6.63. The molecule has 0 aromatic rings. The van der Waals surface area contributed by atoms with Gasteiger partial charge in [0.1, 0.15) is 6.29 Å². The highest BCUT2D eigenvalue weighted by Gasteiger charge is 2.19. The molecule has 1 N–H and O–H groups in total. The van der Waals surface area contributed by atoms with Gasteiger partial charge in [0.05, 0.1) is 6.10 Å². The van der Waals surface area contributed by atoms with Crippen molar-refractivity contribution in [3.8, 4) is 0 Å². The topological polar surface area (TPSA) is 37.3 Å². The van der Waals surface area contributed by atoms with Crippen molar-refractivity contribution in [1.82, 2.24) is 0 Å². The van der Waals surface area contributed by atoms with Gasteiger partial charge in [0.2, 0.25) is 0 Å². The number of carbonyl (C=O) groups excluding carboxylic acids is 1. The summed E-state index contributed by atoms with van der Waals surface area (Å²) in [5.41, 5.74) is -0.0779. The van der Waals surface area contributed by atoms with Gasteiger partial charge in [0.25, 0.3) is 0 Å².